The lowest BCUT2D eigenvalue weighted by Crippen LogP contribution is -2.50. The summed E-state index contributed by atoms with van der Waals surface area (Å²) in [6, 6.07) is 5.99. The fourth-order valence-corrected chi connectivity index (χ4v) is 4.41. The zero-order chi connectivity index (χ0) is 21.6. The van der Waals surface area contributed by atoms with Crippen LogP contribution in [0.3, 0.4) is 0 Å². The fourth-order valence-electron chi connectivity index (χ4n) is 4.41. The molecular weight excluding hydrogens is 391 g/mol. The lowest BCUT2D eigenvalue weighted by atomic mass is 9.98. The molecule has 0 aromatic heterocycles. The molecule has 0 saturated carbocycles. The Morgan fingerprint density at radius 2 is 1.93 bits per heavy atom. The molecule has 3 rings (SSSR count). The minimum atomic E-state index is -4.29. The van der Waals surface area contributed by atoms with Crippen molar-refractivity contribution in [3.8, 4) is 0 Å². The van der Waals surface area contributed by atoms with Crippen LogP contribution < -0.4 is 10.6 Å². The highest BCUT2D eigenvalue weighted by Crippen LogP contribution is 2.30. The van der Waals surface area contributed by atoms with Crippen molar-refractivity contribution in [1.29, 1.82) is 0 Å². The first-order chi connectivity index (χ1) is 14.3. The molecule has 30 heavy (non-hydrogen) atoms. The minimum absolute atomic E-state index is 0.336. The Balaban J connectivity index is 1.41. The number of halogens is 3. The zero-order valence-corrected chi connectivity index (χ0v) is 18.0. The number of nitrogens with one attached hydrogen (secondary N) is 2. The third kappa shape index (κ3) is 6.87. The lowest BCUT2D eigenvalue weighted by Gasteiger charge is -2.34. The van der Waals surface area contributed by atoms with Gasteiger partial charge in [-0.1, -0.05) is 18.2 Å². The summed E-state index contributed by atoms with van der Waals surface area (Å²) in [5.74, 6) is 1.50. The topological polar surface area (TPSA) is 42.9 Å². The molecule has 2 fully saturated rings. The number of alkyl halides is 3. The molecule has 0 aliphatic carbocycles. The SMILES string of the molecule is CN=C(NCC1CCCN(C)C1)NC1CCN(Cc2cccc(C(F)(F)F)c2)CC1. The maximum absolute atomic E-state index is 12.9. The second kappa shape index (κ2) is 10.5. The summed E-state index contributed by atoms with van der Waals surface area (Å²) in [4.78, 5) is 8.97. The Morgan fingerprint density at radius 1 is 1.17 bits per heavy atom. The van der Waals surface area contributed by atoms with Crippen LogP contribution in [0.5, 0.6) is 0 Å². The van der Waals surface area contributed by atoms with Gasteiger partial charge in [0.05, 0.1) is 5.56 Å². The van der Waals surface area contributed by atoms with E-state index in [2.05, 4.69) is 32.5 Å². The van der Waals surface area contributed by atoms with Gasteiger partial charge in [-0.3, -0.25) is 9.89 Å². The first kappa shape index (κ1) is 22.9. The predicted molar refractivity (Wildman–Crippen MR) is 114 cm³/mol. The van der Waals surface area contributed by atoms with Gasteiger partial charge in [-0.15, -0.1) is 0 Å². The van der Waals surface area contributed by atoms with Crippen LogP contribution in [-0.4, -0.2) is 68.6 Å². The van der Waals surface area contributed by atoms with Crippen molar-refractivity contribution in [2.24, 2.45) is 10.9 Å². The molecule has 0 radical (unpaired) electrons. The molecule has 2 N–H and O–H groups in total. The normalized spacial score (nSPS) is 22.8. The van der Waals surface area contributed by atoms with E-state index >= 15 is 0 Å². The van der Waals surface area contributed by atoms with Crippen LogP contribution in [0.15, 0.2) is 29.3 Å². The summed E-state index contributed by atoms with van der Waals surface area (Å²) in [5.41, 5.74) is 0.141. The molecular formula is C22H34F3N5. The molecule has 1 aromatic rings. The fraction of sp³-hybridized carbons (Fsp3) is 0.682. The van der Waals surface area contributed by atoms with Gasteiger partial charge < -0.3 is 15.5 Å². The molecule has 2 saturated heterocycles. The van der Waals surface area contributed by atoms with Gasteiger partial charge in [0, 0.05) is 45.8 Å². The molecule has 2 heterocycles. The number of likely N-dealkylation sites (tertiary alicyclic amines) is 2. The number of hydrogen-bond acceptors (Lipinski definition) is 3. The van der Waals surface area contributed by atoms with E-state index < -0.39 is 11.7 Å². The predicted octanol–water partition coefficient (Wildman–Crippen LogP) is 3.18. The van der Waals surface area contributed by atoms with Crippen LogP contribution >= 0.6 is 0 Å². The van der Waals surface area contributed by atoms with E-state index in [1.807, 2.05) is 0 Å². The molecule has 1 atom stereocenters. The van der Waals surface area contributed by atoms with Crippen LogP contribution in [0, 0.1) is 5.92 Å². The molecule has 0 amide bonds. The number of benzene rings is 1. The number of aliphatic imine (C=N–C) groups is 1. The molecule has 2 aliphatic rings. The summed E-state index contributed by atoms with van der Waals surface area (Å²) >= 11 is 0. The summed E-state index contributed by atoms with van der Waals surface area (Å²) in [6.07, 6.45) is 0.113. The van der Waals surface area contributed by atoms with E-state index in [0.29, 0.717) is 24.1 Å². The van der Waals surface area contributed by atoms with E-state index in [1.165, 1.54) is 31.5 Å². The average molecular weight is 426 g/mol. The molecule has 2 aliphatic heterocycles. The van der Waals surface area contributed by atoms with Gasteiger partial charge in [-0.25, -0.2) is 0 Å². The molecule has 8 heteroatoms. The van der Waals surface area contributed by atoms with Gasteiger partial charge in [0.2, 0.25) is 0 Å². The number of nitrogens with zero attached hydrogens (tertiary/aromatic N) is 3. The smallest absolute Gasteiger partial charge is 0.356 e. The highest BCUT2D eigenvalue weighted by atomic mass is 19.4. The average Bonchev–Trinajstić information content (AvgIpc) is 2.72. The van der Waals surface area contributed by atoms with Crippen molar-refractivity contribution in [3.05, 3.63) is 35.4 Å². The van der Waals surface area contributed by atoms with Crippen molar-refractivity contribution in [2.45, 2.75) is 44.4 Å². The van der Waals surface area contributed by atoms with Crippen LogP contribution in [0.1, 0.15) is 36.8 Å². The Hall–Kier alpha value is -1.80. The molecule has 5 nitrogen and oxygen atoms in total. The zero-order valence-electron chi connectivity index (χ0n) is 18.0. The third-order valence-corrected chi connectivity index (χ3v) is 6.09. The molecule has 168 valence electrons. The standard InChI is InChI=1S/C22H34F3N5/c1-26-21(27-14-18-6-4-10-29(2)15-18)28-20-8-11-30(12-9-20)16-17-5-3-7-19(13-17)22(23,24)25/h3,5,7,13,18,20H,4,6,8-12,14-16H2,1-2H3,(H2,26,27,28). The maximum Gasteiger partial charge on any atom is 0.416 e. The minimum Gasteiger partial charge on any atom is -0.356 e. The number of rotatable bonds is 5. The highest BCUT2D eigenvalue weighted by Gasteiger charge is 2.30. The van der Waals surface area contributed by atoms with Crippen molar-refractivity contribution < 1.29 is 13.2 Å². The first-order valence-corrected chi connectivity index (χ1v) is 10.9. The van der Waals surface area contributed by atoms with Crippen molar-refractivity contribution in [3.63, 3.8) is 0 Å². The Bertz CT molecular complexity index is 698. The highest BCUT2D eigenvalue weighted by molar-refractivity contribution is 5.79. The van der Waals surface area contributed by atoms with E-state index in [-0.39, 0.29) is 0 Å². The van der Waals surface area contributed by atoms with Crippen LogP contribution in [0.25, 0.3) is 0 Å². The molecule has 0 bridgehead atoms. The summed E-state index contributed by atoms with van der Waals surface area (Å²) in [5, 5.41) is 6.99. The van der Waals surface area contributed by atoms with Crippen molar-refractivity contribution in [1.82, 2.24) is 20.4 Å². The van der Waals surface area contributed by atoms with Crippen LogP contribution in [0.4, 0.5) is 13.2 Å². The number of guanidine groups is 1. The molecule has 1 unspecified atom stereocenters. The van der Waals surface area contributed by atoms with E-state index in [0.717, 1.165) is 51.0 Å². The van der Waals surface area contributed by atoms with Gasteiger partial charge in [0.1, 0.15) is 0 Å². The molecule has 0 spiro atoms. The van der Waals surface area contributed by atoms with Crippen molar-refractivity contribution in [2.75, 3.05) is 46.8 Å². The van der Waals surface area contributed by atoms with Gasteiger partial charge >= 0.3 is 6.18 Å². The van der Waals surface area contributed by atoms with Crippen LogP contribution in [-0.2, 0) is 12.7 Å². The Morgan fingerprint density at radius 3 is 2.60 bits per heavy atom. The monoisotopic (exact) mass is 425 g/mol. The Labute approximate surface area is 177 Å². The van der Waals surface area contributed by atoms with Gasteiger partial charge in [-0.2, -0.15) is 13.2 Å². The Kier molecular flexibility index (Phi) is 7.99. The van der Waals surface area contributed by atoms with Crippen molar-refractivity contribution >= 4 is 5.96 Å². The van der Waals surface area contributed by atoms with Crippen LogP contribution in [0.2, 0.25) is 0 Å². The first-order valence-electron chi connectivity index (χ1n) is 10.9. The van der Waals surface area contributed by atoms with E-state index in [9.17, 15) is 13.2 Å². The number of piperidine rings is 2. The van der Waals surface area contributed by atoms with Gasteiger partial charge in [0.15, 0.2) is 5.96 Å². The third-order valence-electron chi connectivity index (χ3n) is 6.09. The van der Waals surface area contributed by atoms with Gasteiger partial charge in [-0.05, 0) is 56.8 Å². The quantitative estimate of drug-likeness (QED) is 0.562. The largest absolute Gasteiger partial charge is 0.416 e. The summed E-state index contributed by atoms with van der Waals surface area (Å²) in [6.45, 7) is 5.51. The number of hydrogen-bond donors (Lipinski definition) is 2. The summed E-state index contributed by atoms with van der Waals surface area (Å²) in [7, 11) is 3.97. The van der Waals surface area contributed by atoms with E-state index in [4.69, 9.17) is 0 Å². The second-order valence-corrected chi connectivity index (χ2v) is 8.62. The maximum atomic E-state index is 12.9. The lowest BCUT2D eigenvalue weighted by molar-refractivity contribution is -0.137. The second-order valence-electron chi connectivity index (χ2n) is 8.62. The van der Waals surface area contributed by atoms with Gasteiger partial charge in [0.25, 0.3) is 0 Å². The molecule has 1 aromatic carbocycles. The summed E-state index contributed by atoms with van der Waals surface area (Å²) < 4.78 is 38.7. The van der Waals surface area contributed by atoms with E-state index in [1.54, 1.807) is 13.1 Å².